The molecular weight excluding hydrogens is 436 g/mol. The molecule has 180 valence electrons. The first-order valence-electron chi connectivity index (χ1n) is 11.7. The number of hydrogen-bond donors (Lipinski definition) is 3. The SMILES string of the molecule is CCC[C@@H](CC(=O)N1C[C@H](O)C[C@H]1C(=O)O)NC(=O)OCC1c2ccccc2-c2ccccc21. The van der Waals surface area contributed by atoms with Gasteiger partial charge in [-0.25, -0.2) is 9.59 Å². The number of carboxylic acid groups (broad SMARTS) is 1. The molecule has 3 N–H and O–H groups in total. The van der Waals surface area contributed by atoms with E-state index in [1.54, 1.807) is 0 Å². The number of aliphatic carboxylic acids is 1. The van der Waals surface area contributed by atoms with Gasteiger partial charge in [-0.1, -0.05) is 61.9 Å². The fraction of sp³-hybridized carbons (Fsp3) is 0.423. The van der Waals surface area contributed by atoms with Crippen LogP contribution in [0.15, 0.2) is 48.5 Å². The van der Waals surface area contributed by atoms with E-state index in [2.05, 4.69) is 17.4 Å². The van der Waals surface area contributed by atoms with Crippen molar-refractivity contribution in [3.05, 3.63) is 59.7 Å². The average molecular weight is 467 g/mol. The van der Waals surface area contributed by atoms with Gasteiger partial charge >= 0.3 is 12.1 Å². The second kappa shape index (κ2) is 10.3. The summed E-state index contributed by atoms with van der Waals surface area (Å²) < 4.78 is 5.59. The Bertz CT molecular complexity index is 1030. The lowest BCUT2D eigenvalue weighted by molar-refractivity contribution is -0.148. The maximum atomic E-state index is 12.8. The van der Waals surface area contributed by atoms with Crippen LogP contribution in [-0.4, -0.2) is 64.4 Å². The van der Waals surface area contributed by atoms with Crippen molar-refractivity contribution in [1.82, 2.24) is 10.2 Å². The van der Waals surface area contributed by atoms with Crippen molar-refractivity contribution in [2.24, 2.45) is 0 Å². The van der Waals surface area contributed by atoms with E-state index in [0.29, 0.717) is 6.42 Å². The van der Waals surface area contributed by atoms with Gasteiger partial charge in [-0.05, 0) is 28.7 Å². The predicted octanol–water partition coefficient (Wildman–Crippen LogP) is 3.13. The van der Waals surface area contributed by atoms with Gasteiger partial charge in [0.1, 0.15) is 12.6 Å². The van der Waals surface area contributed by atoms with E-state index in [0.717, 1.165) is 28.7 Å². The highest BCUT2D eigenvalue weighted by atomic mass is 16.5. The van der Waals surface area contributed by atoms with E-state index in [-0.39, 0.29) is 31.9 Å². The molecule has 0 saturated carbocycles. The lowest BCUT2D eigenvalue weighted by Gasteiger charge is -2.25. The van der Waals surface area contributed by atoms with Crippen molar-refractivity contribution < 1.29 is 29.3 Å². The first kappa shape index (κ1) is 23.8. The van der Waals surface area contributed by atoms with Crippen LogP contribution in [0.5, 0.6) is 0 Å². The molecule has 1 aliphatic heterocycles. The number of rotatable bonds is 8. The smallest absolute Gasteiger partial charge is 0.407 e. The van der Waals surface area contributed by atoms with Crippen LogP contribution in [0, 0.1) is 0 Å². The number of alkyl carbamates (subject to hydrolysis) is 1. The van der Waals surface area contributed by atoms with Gasteiger partial charge in [0.05, 0.1) is 6.10 Å². The van der Waals surface area contributed by atoms with Crippen molar-refractivity contribution in [2.45, 2.75) is 56.7 Å². The number of aliphatic hydroxyl groups excluding tert-OH is 1. The molecule has 8 nitrogen and oxygen atoms in total. The number of benzene rings is 2. The topological polar surface area (TPSA) is 116 Å². The van der Waals surface area contributed by atoms with Crippen molar-refractivity contribution >= 4 is 18.0 Å². The molecular formula is C26H30N2O6. The fourth-order valence-electron chi connectivity index (χ4n) is 5.03. The maximum Gasteiger partial charge on any atom is 0.407 e. The van der Waals surface area contributed by atoms with E-state index in [1.807, 2.05) is 43.3 Å². The summed E-state index contributed by atoms with van der Waals surface area (Å²) in [6.45, 7) is 2.10. The summed E-state index contributed by atoms with van der Waals surface area (Å²) in [5.74, 6) is -1.60. The monoisotopic (exact) mass is 466 g/mol. The standard InChI is InChI=1S/C26H30N2O6/c1-2-7-16(12-24(30)28-14-17(29)13-23(28)25(31)32)27-26(33)34-15-22-20-10-5-3-8-18(20)19-9-4-6-11-21(19)22/h3-6,8-11,16-17,22-23,29H,2,7,12-15H2,1H3,(H,27,33)(H,31,32)/t16-,17+,23-/m0/s1. The summed E-state index contributed by atoms with van der Waals surface area (Å²) in [7, 11) is 0. The summed E-state index contributed by atoms with van der Waals surface area (Å²) in [6, 6.07) is 14.6. The molecule has 1 saturated heterocycles. The summed E-state index contributed by atoms with van der Waals surface area (Å²) in [5, 5.41) is 21.9. The number of likely N-dealkylation sites (tertiary alicyclic amines) is 1. The number of carboxylic acids is 1. The van der Waals surface area contributed by atoms with E-state index in [1.165, 1.54) is 4.90 Å². The summed E-state index contributed by atoms with van der Waals surface area (Å²) in [6.07, 6.45) is -0.223. The second-order valence-corrected chi connectivity index (χ2v) is 8.95. The van der Waals surface area contributed by atoms with Gasteiger partial charge in [-0.2, -0.15) is 0 Å². The van der Waals surface area contributed by atoms with E-state index in [9.17, 15) is 24.6 Å². The number of nitrogens with zero attached hydrogens (tertiary/aromatic N) is 1. The molecule has 0 aromatic heterocycles. The maximum absolute atomic E-state index is 12.8. The first-order chi connectivity index (χ1) is 16.4. The third-order valence-corrected chi connectivity index (χ3v) is 6.61. The van der Waals surface area contributed by atoms with Crippen molar-refractivity contribution in [2.75, 3.05) is 13.2 Å². The molecule has 34 heavy (non-hydrogen) atoms. The number of β-amino-alcohol motifs (C(OH)–C–C–N with tert-alkyl or cyclic N) is 1. The molecule has 8 heteroatoms. The molecule has 1 aliphatic carbocycles. The van der Waals surface area contributed by atoms with Gasteiger partial charge < -0.3 is 25.2 Å². The molecule has 0 bridgehead atoms. The Kier molecular flexibility index (Phi) is 7.17. The van der Waals surface area contributed by atoms with E-state index >= 15 is 0 Å². The largest absolute Gasteiger partial charge is 0.480 e. The molecule has 4 rings (SSSR count). The van der Waals surface area contributed by atoms with Crippen LogP contribution in [0.1, 0.15) is 49.7 Å². The van der Waals surface area contributed by atoms with Crippen molar-refractivity contribution in [3.63, 3.8) is 0 Å². The number of aliphatic hydroxyl groups is 1. The lowest BCUT2D eigenvalue weighted by atomic mass is 9.98. The summed E-state index contributed by atoms with van der Waals surface area (Å²) in [5.41, 5.74) is 4.51. The molecule has 2 aliphatic rings. The van der Waals surface area contributed by atoms with Crippen LogP contribution in [0.25, 0.3) is 11.1 Å². The highest BCUT2D eigenvalue weighted by molar-refractivity contribution is 5.85. The van der Waals surface area contributed by atoms with Crippen molar-refractivity contribution in [1.29, 1.82) is 0 Å². The van der Waals surface area contributed by atoms with Crippen LogP contribution in [0.4, 0.5) is 4.79 Å². The highest BCUT2D eigenvalue weighted by Gasteiger charge is 2.39. The Hall–Kier alpha value is -3.39. The summed E-state index contributed by atoms with van der Waals surface area (Å²) >= 11 is 0. The molecule has 0 spiro atoms. The molecule has 2 aromatic carbocycles. The molecule has 0 unspecified atom stereocenters. The van der Waals surface area contributed by atoms with Crippen LogP contribution in [-0.2, 0) is 14.3 Å². The Morgan fingerprint density at radius 3 is 2.29 bits per heavy atom. The Morgan fingerprint density at radius 1 is 1.09 bits per heavy atom. The zero-order valence-electron chi connectivity index (χ0n) is 19.1. The quantitative estimate of drug-likeness (QED) is 0.551. The molecule has 1 fully saturated rings. The molecule has 3 atom stereocenters. The lowest BCUT2D eigenvalue weighted by Crippen LogP contribution is -2.45. The van der Waals surface area contributed by atoms with E-state index < -0.39 is 36.2 Å². The number of amides is 2. The number of carbonyl (C=O) groups is 3. The van der Waals surface area contributed by atoms with Gasteiger partial charge in [-0.3, -0.25) is 4.79 Å². The van der Waals surface area contributed by atoms with Crippen LogP contribution in [0.2, 0.25) is 0 Å². The minimum atomic E-state index is -1.14. The minimum absolute atomic E-state index is 0.0132. The van der Waals surface area contributed by atoms with Gasteiger partial charge in [0, 0.05) is 31.3 Å². The van der Waals surface area contributed by atoms with Crippen LogP contribution >= 0.6 is 0 Å². The normalized spacial score (nSPS) is 19.9. The minimum Gasteiger partial charge on any atom is -0.480 e. The van der Waals surface area contributed by atoms with Gasteiger partial charge in [0.25, 0.3) is 0 Å². The zero-order chi connectivity index (χ0) is 24.2. The Morgan fingerprint density at radius 2 is 1.71 bits per heavy atom. The van der Waals surface area contributed by atoms with Gasteiger partial charge in [0.2, 0.25) is 5.91 Å². The number of hydrogen-bond acceptors (Lipinski definition) is 5. The summed E-state index contributed by atoms with van der Waals surface area (Å²) in [4.78, 5) is 38.0. The highest BCUT2D eigenvalue weighted by Crippen LogP contribution is 2.44. The number of carbonyl (C=O) groups excluding carboxylic acids is 2. The predicted molar refractivity (Wildman–Crippen MR) is 125 cm³/mol. The molecule has 2 aromatic rings. The van der Waals surface area contributed by atoms with Crippen molar-refractivity contribution in [3.8, 4) is 11.1 Å². The Balaban J connectivity index is 1.37. The average Bonchev–Trinajstić information content (AvgIpc) is 3.36. The third kappa shape index (κ3) is 4.92. The number of fused-ring (bicyclic) bond motifs is 3. The van der Waals surface area contributed by atoms with Gasteiger partial charge in [-0.15, -0.1) is 0 Å². The first-order valence-corrected chi connectivity index (χ1v) is 11.7. The molecule has 1 heterocycles. The molecule has 2 amide bonds. The van der Waals surface area contributed by atoms with Crippen LogP contribution in [0.3, 0.4) is 0 Å². The fourth-order valence-corrected chi connectivity index (χ4v) is 5.03. The second-order valence-electron chi connectivity index (χ2n) is 8.95. The number of nitrogens with one attached hydrogen (secondary N) is 1. The third-order valence-electron chi connectivity index (χ3n) is 6.61. The Labute approximate surface area is 198 Å². The zero-order valence-corrected chi connectivity index (χ0v) is 19.1. The van der Waals surface area contributed by atoms with Crippen LogP contribution < -0.4 is 5.32 Å². The number of ether oxygens (including phenoxy) is 1. The van der Waals surface area contributed by atoms with Gasteiger partial charge in [0.15, 0.2) is 0 Å². The molecule has 0 radical (unpaired) electrons. The van der Waals surface area contributed by atoms with E-state index in [4.69, 9.17) is 4.74 Å².